The highest BCUT2D eigenvalue weighted by atomic mass is 32.2. The van der Waals surface area contributed by atoms with Crippen LogP contribution in [0.15, 0.2) is 59.5 Å². The predicted octanol–water partition coefficient (Wildman–Crippen LogP) is 3.40. The highest BCUT2D eigenvalue weighted by Gasteiger charge is 2.16. The van der Waals surface area contributed by atoms with Crippen molar-refractivity contribution >= 4 is 16.6 Å². The number of rotatable bonds is 4. The van der Waals surface area contributed by atoms with Crippen LogP contribution in [0.5, 0.6) is 0 Å². The van der Waals surface area contributed by atoms with Crippen LogP contribution in [0.2, 0.25) is 0 Å². The second-order valence-electron chi connectivity index (χ2n) is 4.02. The minimum atomic E-state index is -0.368. The lowest BCUT2D eigenvalue weighted by atomic mass is 10.2. The van der Waals surface area contributed by atoms with Gasteiger partial charge in [0.05, 0.1) is 4.92 Å². The predicted molar refractivity (Wildman–Crippen MR) is 74.8 cm³/mol. The maximum absolute atomic E-state index is 10.6. The van der Waals surface area contributed by atoms with E-state index in [0.29, 0.717) is 0 Å². The van der Waals surface area contributed by atoms with Gasteiger partial charge in [0.1, 0.15) is 12.0 Å². The standard InChI is InChI=1S/C14H14NO2S/c1-18(14-5-3-2-4-6-14)11-12-7-9-13(10-8-12)15(16)17/h2-10H,11H2,1H3/q+1. The Morgan fingerprint density at radius 3 is 2.22 bits per heavy atom. The van der Waals surface area contributed by atoms with Gasteiger partial charge in [-0.15, -0.1) is 0 Å². The molecule has 0 aliphatic carbocycles. The molecule has 0 aromatic heterocycles. The second-order valence-corrected chi connectivity index (χ2v) is 6.05. The third-order valence-corrected chi connectivity index (χ3v) is 4.52. The van der Waals surface area contributed by atoms with Gasteiger partial charge in [0.2, 0.25) is 0 Å². The second kappa shape index (κ2) is 5.69. The fourth-order valence-electron chi connectivity index (χ4n) is 1.70. The maximum atomic E-state index is 10.6. The Morgan fingerprint density at radius 1 is 1.06 bits per heavy atom. The molecule has 4 heteroatoms. The normalized spacial score (nSPS) is 12.1. The third kappa shape index (κ3) is 3.11. The summed E-state index contributed by atoms with van der Waals surface area (Å²) in [4.78, 5) is 11.5. The SMILES string of the molecule is C[S+](Cc1ccc([N+](=O)[O-])cc1)c1ccccc1. The van der Waals surface area contributed by atoms with E-state index in [1.54, 1.807) is 12.1 Å². The molecule has 0 saturated heterocycles. The summed E-state index contributed by atoms with van der Waals surface area (Å²) in [6.45, 7) is 0. The zero-order chi connectivity index (χ0) is 13.0. The molecule has 0 N–H and O–H groups in total. The van der Waals surface area contributed by atoms with Crippen molar-refractivity contribution in [2.45, 2.75) is 10.6 Å². The fourth-order valence-corrected chi connectivity index (χ4v) is 3.18. The first-order valence-corrected chi connectivity index (χ1v) is 7.38. The molecule has 0 heterocycles. The molecule has 0 fully saturated rings. The number of hydrogen-bond donors (Lipinski definition) is 0. The van der Waals surface area contributed by atoms with Crippen LogP contribution in [0, 0.1) is 10.1 Å². The van der Waals surface area contributed by atoms with Gasteiger partial charge in [0.25, 0.3) is 5.69 Å². The van der Waals surface area contributed by atoms with E-state index in [1.165, 1.54) is 4.90 Å². The Hall–Kier alpha value is -1.81. The van der Waals surface area contributed by atoms with Gasteiger partial charge in [-0.1, -0.05) is 18.2 Å². The van der Waals surface area contributed by atoms with Crippen LogP contribution in [0.25, 0.3) is 0 Å². The van der Waals surface area contributed by atoms with Crippen LogP contribution >= 0.6 is 0 Å². The van der Waals surface area contributed by atoms with E-state index in [9.17, 15) is 10.1 Å². The van der Waals surface area contributed by atoms with Gasteiger partial charge < -0.3 is 0 Å². The Balaban J connectivity index is 2.08. The van der Waals surface area contributed by atoms with Crippen molar-refractivity contribution in [2.24, 2.45) is 0 Å². The lowest BCUT2D eigenvalue weighted by molar-refractivity contribution is -0.384. The molecule has 92 valence electrons. The lowest BCUT2D eigenvalue weighted by Crippen LogP contribution is -2.03. The van der Waals surface area contributed by atoms with E-state index in [0.717, 1.165) is 11.3 Å². The molecule has 2 aromatic rings. The van der Waals surface area contributed by atoms with Crippen molar-refractivity contribution in [2.75, 3.05) is 6.26 Å². The van der Waals surface area contributed by atoms with Crippen molar-refractivity contribution in [3.63, 3.8) is 0 Å². The smallest absolute Gasteiger partial charge is 0.258 e. The van der Waals surface area contributed by atoms with Crippen LogP contribution in [0.3, 0.4) is 0 Å². The molecule has 3 nitrogen and oxygen atoms in total. The molecular formula is C14H14NO2S+. The first-order valence-electron chi connectivity index (χ1n) is 5.58. The van der Waals surface area contributed by atoms with E-state index in [2.05, 4.69) is 18.4 Å². The summed E-state index contributed by atoms with van der Waals surface area (Å²) in [5, 5.41) is 10.6. The van der Waals surface area contributed by atoms with Crippen molar-refractivity contribution in [3.8, 4) is 0 Å². The highest BCUT2D eigenvalue weighted by molar-refractivity contribution is 7.95. The molecule has 1 unspecified atom stereocenters. The van der Waals surface area contributed by atoms with Gasteiger partial charge in [-0.2, -0.15) is 0 Å². The van der Waals surface area contributed by atoms with Crippen molar-refractivity contribution in [1.29, 1.82) is 0 Å². The van der Waals surface area contributed by atoms with Gasteiger partial charge in [0.15, 0.2) is 4.90 Å². The summed E-state index contributed by atoms with van der Waals surface area (Å²) in [5.41, 5.74) is 1.28. The Bertz CT molecular complexity index is 525. The van der Waals surface area contributed by atoms with Crippen LogP contribution < -0.4 is 0 Å². The average molecular weight is 260 g/mol. The maximum Gasteiger partial charge on any atom is 0.269 e. The summed E-state index contributed by atoms with van der Waals surface area (Å²) in [5.74, 6) is 0.919. The topological polar surface area (TPSA) is 43.1 Å². The van der Waals surface area contributed by atoms with Crippen molar-refractivity contribution in [3.05, 3.63) is 70.3 Å². The molecule has 0 radical (unpaired) electrons. The number of nitro benzene ring substituents is 1. The molecule has 2 rings (SSSR count). The van der Waals surface area contributed by atoms with Crippen molar-refractivity contribution < 1.29 is 4.92 Å². The van der Waals surface area contributed by atoms with Crippen LogP contribution in [-0.4, -0.2) is 11.2 Å². The average Bonchev–Trinajstić information content (AvgIpc) is 2.40. The van der Waals surface area contributed by atoms with E-state index in [-0.39, 0.29) is 21.5 Å². The molecular weight excluding hydrogens is 246 g/mol. The monoisotopic (exact) mass is 260 g/mol. The third-order valence-electron chi connectivity index (χ3n) is 2.68. The number of benzene rings is 2. The molecule has 0 aliphatic rings. The van der Waals surface area contributed by atoms with Crippen LogP contribution in [0.4, 0.5) is 5.69 Å². The van der Waals surface area contributed by atoms with Gasteiger partial charge >= 0.3 is 0 Å². The quantitative estimate of drug-likeness (QED) is 0.480. The fraction of sp³-hybridized carbons (Fsp3) is 0.143. The van der Waals surface area contributed by atoms with E-state index in [4.69, 9.17) is 0 Å². The Labute approximate surface area is 109 Å². The zero-order valence-corrected chi connectivity index (χ0v) is 10.9. The van der Waals surface area contributed by atoms with Gasteiger partial charge in [-0.25, -0.2) is 0 Å². The minimum absolute atomic E-state index is 0.128. The number of nitrogens with zero attached hydrogens (tertiary/aromatic N) is 1. The van der Waals surface area contributed by atoms with E-state index in [1.807, 2.05) is 30.3 Å². The zero-order valence-electron chi connectivity index (χ0n) is 10.1. The van der Waals surface area contributed by atoms with E-state index < -0.39 is 0 Å². The van der Waals surface area contributed by atoms with E-state index >= 15 is 0 Å². The van der Waals surface area contributed by atoms with Crippen LogP contribution in [0.1, 0.15) is 5.56 Å². The molecule has 0 spiro atoms. The summed E-state index contributed by atoms with van der Waals surface area (Å²) >= 11 is 0. The molecule has 0 amide bonds. The number of nitro groups is 1. The first-order chi connectivity index (χ1) is 8.66. The van der Waals surface area contributed by atoms with Gasteiger partial charge in [0, 0.05) is 28.6 Å². The summed E-state index contributed by atoms with van der Waals surface area (Å²) in [7, 11) is 0.128. The summed E-state index contributed by atoms with van der Waals surface area (Å²) in [6, 6.07) is 17.1. The lowest BCUT2D eigenvalue weighted by Gasteiger charge is -2.03. The molecule has 1 atom stereocenters. The van der Waals surface area contributed by atoms with Gasteiger partial charge in [-0.05, 0) is 24.3 Å². The van der Waals surface area contributed by atoms with Crippen LogP contribution in [-0.2, 0) is 16.6 Å². The molecule has 0 saturated carbocycles. The highest BCUT2D eigenvalue weighted by Crippen LogP contribution is 2.18. The largest absolute Gasteiger partial charge is 0.269 e. The summed E-state index contributed by atoms with van der Waals surface area (Å²) < 4.78 is 0. The minimum Gasteiger partial charge on any atom is -0.258 e. The Kier molecular flexibility index (Phi) is 3.99. The molecule has 0 aliphatic heterocycles. The number of hydrogen-bond acceptors (Lipinski definition) is 2. The molecule has 2 aromatic carbocycles. The molecule has 18 heavy (non-hydrogen) atoms. The van der Waals surface area contributed by atoms with Gasteiger partial charge in [-0.3, -0.25) is 10.1 Å². The number of non-ortho nitro benzene ring substituents is 1. The molecule has 0 bridgehead atoms. The summed E-state index contributed by atoms with van der Waals surface area (Å²) in [6.07, 6.45) is 2.19. The first kappa shape index (κ1) is 12.6. The Morgan fingerprint density at radius 2 is 1.67 bits per heavy atom. The van der Waals surface area contributed by atoms with Crippen molar-refractivity contribution in [1.82, 2.24) is 0 Å².